The molecule has 1 aromatic carbocycles. The van der Waals surface area contributed by atoms with E-state index >= 15 is 0 Å². The van der Waals surface area contributed by atoms with Gasteiger partial charge in [-0.15, -0.1) is 0 Å². The summed E-state index contributed by atoms with van der Waals surface area (Å²) < 4.78 is 44.3. The van der Waals surface area contributed by atoms with Gasteiger partial charge in [0, 0.05) is 24.4 Å². The average Bonchev–Trinajstić information content (AvgIpc) is 3.24. The monoisotopic (exact) mass is 370 g/mol. The van der Waals surface area contributed by atoms with E-state index < -0.39 is 9.84 Å². The average molecular weight is 370 g/mol. The molecule has 0 aliphatic rings. The summed E-state index contributed by atoms with van der Waals surface area (Å²) in [5.41, 5.74) is 2.30. The van der Waals surface area contributed by atoms with Crippen LogP contribution in [0.4, 0.5) is 4.39 Å². The zero-order valence-electron chi connectivity index (χ0n) is 13.9. The number of hydrogen-bond donors (Lipinski definition) is 0. The van der Waals surface area contributed by atoms with Gasteiger partial charge in [-0.05, 0) is 42.0 Å². The van der Waals surface area contributed by atoms with Gasteiger partial charge < -0.3 is 8.98 Å². The third-order valence-electron chi connectivity index (χ3n) is 4.16. The van der Waals surface area contributed by atoms with Crippen LogP contribution in [0.25, 0.3) is 22.5 Å². The fourth-order valence-corrected chi connectivity index (χ4v) is 3.47. The topological polar surface area (TPSA) is 65.1 Å². The number of aromatic nitrogens is 2. The Kier molecular flexibility index (Phi) is 3.88. The maximum atomic E-state index is 13.2. The summed E-state index contributed by atoms with van der Waals surface area (Å²) in [7, 11) is -3.35. The molecule has 0 N–H and O–H groups in total. The van der Waals surface area contributed by atoms with Crippen LogP contribution < -0.4 is 0 Å². The maximum absolute atomic E-state index is 13.2. The number of pyridine rings is 1. The molecule has 0 unspecified atom stereocenters. The van der Waals surface area contributed by atoms with Crippen molar-refractivity contribution >= 4 is 20.9 Å². The van der Waals surface area contributed by atoms with E-state index in [1.807, 2.05) is 16.7 Å². The van der Waals surface area contributed by atoms with Gasteiger partial charge in [0.2, 0.25) is 0 Å². The van der Waals surface area contributed by atoms with Crippen LogP contribution in [0.1, 0.15) is 5.56 Å². The number of hydrogen-bond acceptors (Lipinski definition) is 4. The molecule has 0 saturated heterocycles. The maximum Gasteiger partial charge on any atom is 0.177 e. The first-order valence-electron chi connectivity index (χ1n) is 7.89. The highest BCUT2D eigenvalue weighted by Crippen LogP contribution is 2.29. The van der Waals surface area contributed by atoms with Gasteiger partial charge in [0.25, 0.3) is 0 Å². The largest absolute Gasteiger partial charge is 0.463 e. The SMILES string of the molecule is CS(=O)(=O)c1cnc2c(c1)cc(-c1ccco1)n2Cc1ccc(F)cc1. The molecule has 3 aromatic heterocycles. The quantitative estimate of drug-likeness (QED) is 0.547. The van der Waals surface area contributed by atoms with Gasteiger partial charge in [0.1, 0.15) is 17.2 Å². The number of sulfone groups is 1. The Bertz CT molecular complexity index is 1180. The molecule has 26 heavy (non-hydrogen) atoms. The Balaban J connectivity index is 1.90. The minimum atomic E-state index is -3.35. The summed E-state index contributed by atoms with van der Waals surface area (Å²) in [4.78, 5) is 4.52. The zero-order valence-corrected chi connectivity index (χ0v) is 14.7. The van der Waals surface area contributed by atoms with Gasteiger partial charge in [-0.25, -0.2) is 17.8 Å². The molecule has 0 spiro atoms. The van der Waals surface area contributed by atoms with Crippen molar-refractivity contribution in [1.29, 1.82) is 0 Å². The predicted octanol–water partition coefficient (Wildman–Crippen LogP) is 3.89. The minimum Gasteiger partial charge on any atom is -0.463 e. The lowest BCUT2D eigenvalue weighted by Gasteiger charge is -2.09. The van der Waals surface area contributed by atoms with Crippen molar-refractivity contribution < 1.29 is 17.2 Å². The summed E-state index contributed by atoms with van der Waals surface area (Å²) in [5.74, 6) is 0.347. The number of nitrogens with zero attached hydrogens (tertiary/aromatic N) is 2. The lowest BCUT2D eigenvalue weighted by Crippen LogP contribution is -2.03. The van der Waals surface area contributed by atoms with Crippen LogP contribution in [0.3, 0.4) is 0 Å². The minimum absolute atomic E-state index is 0.162. The molecule has 0 fully saturated rings. The Morgan fingerprint density at radius 3 is 2.58 bits per heavy atom. The second-order valence-corrected chi connectivity index (χ2v) is 8.09. The van der Waals surface area contributed by atoms with Gasteiger partial charge in [-0.2, -0.15) is 0 Å². The number of furan rings is 1. The molecule has 0 radical (unpaired) electrons. The molecule has 0 saturated carbocycles. The van der Waals surface area contributed by atoms with Crippen LogP contribution >= 0.6 is 0 Å². The van der Waals surface area contributed by atoms with Crippen molar-refractivity contribution in [2.75, 3.05) is 6.26 Å². The van der Waals surface area contributed by atoms with Gasteiger partial charge in [-0.1, -0.05) is 12.1 Å². The first-order chi connectivity index (χ1) is 12.4. The molecule has 0 aliphatic carbocycles. The van der Waals surface area contributed by atoms with E-state index in [4.69, 9.17) is 4.42 Å². The van der Waals surface area contributed by atoms with Crippen LogP contribution in [0.2, 0.25) is 0 Å². The lowest BCUT2D eigenvalue weighted by molar-refractivity contribution is 0.575. The first-order valence-corrected chi connectivity index (χ1v) is 9.78. The Labute approximate surface area is 149 Å². The number of fused-ring (bicyclic) bond motifs is 1. The smallest absolute Gasteiger partial charge is 0.177 e. The molecule has 0 aliphatic heterocycles. The van der Waals surface area contributed by atoms with E-state index in [1.165, 1.54) is 18.3 Å². The zero-order chi connectivity index (χ0) is 18.3. The summed E-state index contributed by atoms with van der Waals surface area (Å²) in [6.07, 6.45) is 4.08. The van der Waals surface area contributed by atoms with E-state index in [0.717, 1.165) is 17.5 Å². The number of rotatable bonds is 4. The molecule has 7 heteroatoms. The second kappa shape index (κ2) is 6.10. The van der Waals surface area contributed by atoms with E-state index in [1.54, 1.807) is 30.5 Å². The highest BCUT2D eigenvalue weighted by molar-refractivity contribution is 7.90. The molecular weight excluding hydrogens is 355 g/mol. The molecule has 4 rings (SSSR count). The number of halogens is 1. The molecule has 3 heterocycles. The van der Waals surface area contributed by atoms with E-state index in [9.17, 15) is 12.8 Å². The van der Waals surface area contributed by atoms with Gasteiger partial charge in [0.05, 0.1) is 16.9 Å². The molecule has 0 amide bonds. The summed E-state index contributed by atoms with van der Waals surface area (Å²) in [5, 5.41) is 0.696. The van der Waals surface area contributed by atoms with Crippen molar-refractivity contribution in [3.05, 3.63) is 72.4 Å². The molecule has 5 nitrogen and oxygen atoms in total. The molecular formula is C19H15FN2O3S. The van der Waals surface area contributed by atoms with Crippen molar-refractivity contribution in [1.82, 2.24) is 9.55 Å². The molecule has 132 valence electrons. The van der Waals surface area contributed by atoms with Crippen LogP contribution in [-0.4, -0.2) is 24.2 Å². The Hall–Kier alpha value is -2.93. The van der Waals surface area contributed by atoms with Crippen molar-refractivity contribution in [3.8, 4) is 11.5 Å². The second-order valence-electron chi connectivity index (χ2n) is 6.08. The van der Waals surface area contributed by atoms with Gasteiger partial charge in [-0.3, -0.25) is 0 Å². The van der Waals surface area contributed by atoms with Crippen molar-refractivity contribution in [2.24, 2.45) is 0 Å². The van der Waals surface area contributed by atoms with Crippen LogP contribution in [0, 0.1) is 5.82 Å². The third-order valence-corrected chi connectivity index (χ3v) is 5.24. The van der Waals surface area contributed by atoms with Crippen LogP contribution in [-0.2, 0) is 16.4 Å². The predicted molar refractivity (Wildman–Crippen MR) is 96.0 cm³/mol. The van der Waals surface area contributed by atoms with Crippen molar-refractivity contribution in [2.45, 2.75) is 11.4 Å². The van der Waals surface area contributed by atoms with E-state index in [0.29, 0.717) is 23.3 Å². The van der Waals surface area contributed by atoms with E-state index in [-0.39, 0.29) is 10.7 Å². The summed E-state index contributed by atoms with van der Waals surface area (Å²) >= 11 is 0. The fraction of sp³-hybridized carbons (Fsp3) is 0.105. The fourth-order valence-electron chi connectivity index (χ4n) is 2.89. The summed E-state index contributed by atoms with van der Waals surface area (Å²) in [6.45, 7) is 0.449. The van der Waals surface area contributed by atoms with Crippen molar-refractivity contribution in [3.63, 3.8) is 0 Å². The molecule has 4 aromatic rings. The first kappa shape index (κ1) is 16.5. The normalized spacial score (nSPS) is 11.9. The van der Waals surface area contributed by atoms with Crippen LogP contribution in [0.5, 0.6) is 0 Å². The third kappa shape index (κ3) is 3.01. The van der Waals surface area contributed by atoms with Gasteiger partial charge >= 0.3 is 0 Å². The summed E-state index contributed by atoms with van der Waals surface area (Å²) in [6, 6.07) is 13.3. The number of benzene rings is 1. The standard InChI is InChI=1S/C19H15FN2O3S/c1-26(23,24)16-9-14-10-17(18-3-2-8-25-18)22(19(14)21-11-16)12-13-4-6-15(20)7-5-13/h2-11H,12H2,1H3. The lowest BCUT2D eigenvalue weighted by atomic mass is 10.2. The van der Waals surface area contributed by atoms with Gasteiger partial charge in [0.15, 0.2) is 9.84 Å². The highest BCUT2D eigenvalue weighted by atomic mass is 32.2. The molecule has 0 atom stereocenters. The van der Waals surface area contributed by atoms with Crippen LogP contribution in [0.15, 0.2) is 70.3 Å². The highest BCUT2D eigenvalue weighted by Gasteiger charge is 2.17. The van der Waals surface area contributed by atoms with E-state index in [2.05, 4.69) is 4.98 Å². The molecule has 0 bridgehead atoms. The Morgan fingerprint density at radius 2 is 1.92 bits per heavy atom. The Morgan fingerprint density at radius 1 is 1.15 bits per heavy atom.